The lowest BCUT2D eigenvalue weighted by Crippen LogP contribution is -2.20. The lowest BCUT2D eigenvalue weighted by Gasteiger charge is -2.13. The van der Waals surface area contributed by atoms with Crippen LogP contribution >= 0.6 is 11.8 Å². The Balaban J connectivity index is 2.03. The Morgan fingerprint density at radius 2 is 1.94 bits per heavy atom. The smallest absolute Gasteiger partial charge is 0.319 e. The van der Waals surface area contributed by atoms with Gasteiger partial charge in [0.15, 0.2) is 0 Å². The molecule has 92 valence electrons. The molecule has 0 amide bonds. The van der Waals surface area contributed by atoms with E-state index in [2.05, 4.69) is 0 Å². The normalized spacial score (nSPS) is 16.4. The Hall–Kier alpha value is -1.16. The molecule has 1 aromatic carbocycles. The minimum Gasteiger partial charge on any atom is -0.497 e. The Morgan fingerprint density at radius 3 is 2.41 bits per heavy atom. The van der Waals surface area contributed by atoms with Gasteiger partial charge in [-0.05, 0) is 43.0 Å². The van der Waals surface area contributed by atoms with Crippen molar-refractivity contribution >= 4 is 17.7 Å². The van der Waals surface area contributed by atoms with Crippen LogP contribution in [0.25, 0.3) is 0 Å². The summed E-state index contributed by atoms with van der Waals surface area (Å²) in [5, 5.41) is -0.0617. The van der Waals surface area contributed by atoms with Gasteiger partial charge in [0.1, 0.15) is 11.0 Å². The molecule has 0 bridgehead atoms. The highest BCUT2D eigenvalue weighted by atomic mass is 32.2. The molecule has 2 rings (SSSR count). The summed E-state index contributed by atoms with van der Waals surface area (Å²) >= 11 is 1.58. The number of carbonyl (C=O) groups is 1. The summed E-state index contributed by atoms with van der Waals surface area (Å²) in [5.74, 6) is 1.19. The molecule has 0 heterocycles. The molecule has 0 saturated heterocycles. The minimum absolute atomic E-state index is 0.0617. The van der Waals surface area contributed by atoms with Gasteiger partial charge in [-0.3, -0.25) is 4.79 Å². The Labute approximate surface area is 105 Å². The van der Waals surface area contributed by atoms with Crippen LogP contribution in [0.3, 0.4) is 0 Å². The summed E-state index contributed by atoms with van der Waals surface area (Å²) in [6.45, 7) is 0. The third kappa shape index (κ3) is 3.16. The van der Waals surface area contributed by atoms with Gasteiger partial charge >= 0.3 is 5.97 Å². The van der Waals surface area contributed by atoms with E-state index in [1.165, 1.54) is 7.11 Å². The second-order valence-corrected chi connectivity index (χ2v) is 5.29. The second kappa shape index (κ2) is 5.45. The zero-order valence-electron chi connectivity index (χ0n) is 10.0. The lowest BCUT2D eigenvalue weighted by atomic mass is 10.3. The van der Waals surface area contributed by atoms with Crippen LogP contribution in [0.15, 0.2) is 29.2 Å². The molecule has 0 spiro atoms. The Morgan fingerprint density at radius 1 is 1.29 bits per heavy atom. The van der Waals surface area contributed by atoms with Gasteiger partial charge in [0.25, 0.3) is 0 Å². The Bertz CT molecular complexity index is 384. The molecular formula is C13H16O3S. The van der Waals surface area contributed by atoms with E-state index in [0.717, 1.165) is 23.5 Å². The third-order valence-corrected chi connectivity index (χ3v) is 4.18. The van der Waals surface area contributed by atoms with E-state index in [0.29, 0.717) is 5.92 Å². The number of hydrogen-bond acceptors (Lipinski definition) is 4. The fraction of sp³-hybridized carbons (Fsp3) is 0.462. The monoisotopic (exact) mass is 252 g/mol. The van der Waals surface area contributed by atoms with Crippen molar-refractivity contribution in [3.63, 3.8) is 0 Å². The van der Waals surface area contributed by atoms with E-state index in [4.69, 9.17) is 9.47 Å². The zero-order valence-corrected chi connectivity index (χ0v) is 10.8. The average Bonchev–Trinajstić information content (AvgIpc) is 3.20. The first kappa shape index (κ1) is 12.3. The molecule has 0 radical (unpaired) electrons. The predicted molar refractivity (Wildman–Crippen MR) is 67.4 cm³/mol. The van der Waals surface area contributed by atoms with E-state index in [1.54, 1.807) is 18.9 Å². The number of methoxy groups -OCH3 is 2. The summed E-state index contributed by atoms with van der Waals surface area (Å²) in [7, 11) is 3.09. The first-order chi connectivity index (χ1) is 8.24. The van der Waals surface area contributed by atoms with E-state index in [-0.39, 0.29) is 11.2 Å². The zero-order chi connectivity index (χ0) is 12.3. The fourth-order valence-corrected chi connectivity index (χ4v) is 2.90. The van der Waals surface area contributed by atoms with Crippen molar-refractivity contribution in [3.05, 3.63) is 24.3 Å². The molecule has 17 heavy (non-hydrogen) atoms. The molecule has 0 aromatic heterocycles. The summed E-state index contributed by atoms with van der Waals surface area (Å²) in [4.78, 5) is 12.7. The number of thioether (sulfide) groups is 1. The molecule has 1 unspecified atom stereocenters. The van der Waals surface area contributed by atoms with Gasteiger partial charge in [-0.2, -0.15) is 0 Å². The van der Waals surface area contributed by atoms with Crippen LogP contribution in [-0.2, 0) is 9.53 Å². The van der Waals surface area contributed by atoms with Crippen LogP contribution in [0.4, 0.5) is 0 Å². The molecule has 1 aliphatic rings. The highest BCUT2D eigenvalue weighted by molar-refractivity contribution is 8.00. The first-order valence-corrected chi connectivity index (χ1v) is 6.51. The maximum atomic E-state index is 11.7. The number of benzene rings is 1. The SMILES string of the molecule is COC(=O)C(Sc1ccc(OC)cc1)C1CC1. The highest BCUT2D eigenvalue weighted by Gasteiger charge is 2.37. The van der Waals surface area contributed by atoms with Gasteiger partial charge < -0.3 is 9.47 Å². The van der Waals surface area contributed by atoms with Crippen molar-refractivity contribution in [2.24, 2.45) is 5.92 Å². The van der Waals surface area contributed by atoms with Crippen molar-refractivity contribution in [2.45, 2.75) is 23.0 Å². The Kier molecular flexibility index (Phi) is 3.94. The number of rotatable bonds is 5. The van der Waals surface area contributed by atoms with Crippen molar-refractivity contribution < 1.29 is 14.3 Å². The number of ether oxygens (including phenoxy) is 2. The molecular weight excluding hydrogens is 236 g/mol. The highest BCUT2D eigenvalue weighted by Crippen LogP contribution is 2.42. The van der Waals surface area contributed by atoms with Crippen molar-refractivity contribution in [3.8, 4) is 5.75 Å². The number of hydrogen-bond donors (Lipinski definition) is 0. The number of carbonyl (C=O) groups excluding carboxylic acids is 1. The van der Waals surface area contributed by atoms with Gasteiger partial charge in [0.05, 0.1) is 14.2 Å². The fourth-order valence-electron chi connectivity index (χ4n) is 1.65. The second-order valence-electron chi connectivity index (χ2n) is 4.07. The molecule has 3 nitrogen and oxygen atoms in total. The van der Waals surface area contributed by atoms with Crippen LogP contribution in [0.1, 0.15) is 12.8 Å². The summed E-state index contributed by atoms with van der Waals surface area (Å²) < 4.78 is 9.95. The maximum Gasteiger partial charge on any atom is 0.319 e. The molecule has 1 fully saturated rings. The number of esters is 1. The lowest BCUT2D eigenvalue weighted by molar-refractivity contribution is -0.140. The van der Waals surface area contributed by atoms with Gasteiger partial charge in [0, 0.05) is 4.90 Å². The largest absolute Gasteiger partial charge is 0.497 e. The van der Waals surface area contributed by atoms with Crippen LogP contribution in [-0.4, -0.2) is 25.4 Å². The van der Waals surface area contributed by atoms with E-state index < -0.39 is 0 Å². The quantitative estimate of drug-likeness (QED) is 0.596. The molecule has 0 N–H and O–H groups in total. The van der Waals surface area contributed by atoms with Crippen LogP contribution < -0.4 is 4.74 Å². The molecule has 1 atom stereocenters. The molecule has 1 aliphatic carbocycles. The average molecular weight is 252 g/mol. The topological polar surface area (TPSA) is 35.5 Å². The van der Waals surface area contributed by atoms with Gasteiger partial charge in [-0.1, -0.05) is 0 Å². The van der Waals surface area contributed by atoms with Gasteiger partial charge in [-0.25, -0.2) is 0 Å². The minimum atomic E-state index is -0.117. The van der Waals surface area contributed by atoms with Gasteiger partial charge in [0.2, 0.25) is 0 Å². The third-order valence-electron chi connectivity index (χ3n) is 2.81. The van der Waals surface area contributed by atoms with Crippen molar-refractivity contribution in [2.75, 3.05) is 14.2 Å². The first-order valence-electron chi connectivity index (χ1n) is 5.63. The van der Waals surface area contributed by atoms with E-state index in [1.807, 2.05) is 24.3 Å². The molecule has 1 aromatic rings. The summed E-state index contributed by atoms with van der Waals surface area (Å²) in [6, 6.07) is 7.76. The van der Waals surface area contributed by atoms with Crippen LogP contribution in [0.2, 0.25) is 0 Å². The van der Waals surface area contributed by atoms with E-state index in [9.17, 15) is 4.79 Å². The van der Waals surface area contributed by atoms with Gasteiger partial charge in [-0.15, -0.1) is 11.8 Å². The standard InChI is InChI=1S/C13H16O3S/c1-15-10-5-7-11(8-6-10)17-12(9-3-4-9)13(14)16-2/h5-9,12H,3-4H2,1-2H3. The van der Waals surface area contributed by atoms with Crippen molar-refractivity contribution in [1.29, 1.82) is 0 Å². The molecule has 1 saturated carbocycles. The maximum absolute atomic E-state index is 11.7. The summed E-state index contributed by atoms with van der Waals surface area (Å²) in [6.07, 6.45) is 2.26. The van der Waals surface area contributed by atoms with Crippen LogP contribution in [0.5, 0.6) is 5.75 Å². The molecule has 0 aliphatic heterocycles. The summed E-state index contributed by atoms with van der Waals surface area (Å²) in [5.41, 5.74) is 0. The van der Waals surface area contributed by atoms with Crippen LogP contribution in [0, 0.1) is 5.92 Å². The predicted octanol–water partition coefficient (Wildman–Crippen LogP) is 2.74. The molecule has 4 heteroatoms. The van der Waals surface area contributed by atoms with Crippen molar-refractivity contribution in [1.82, 2.24) is 0 Å². The van der Waals surface area contributed by atoms with E-state index >= 15 is 0 Å².